The molecule has 2 fully saturated rings. The minimum atomic E-state index is -0.457. The first-order chi connectivity index (χ1) is 12.6. The Bertz CT molecular complexity index is 664. The van der Waals surface area contributed by atoms with Gasteiger partial charge in [-0.05, 0) is 47.0 Å². The van der Waals surface area contributed by atoms with Crippen LogP contribution < -0.4 is 10.4 Å². The lowest BCUT2D eigenvalue weighted by atomic mass is 9.81. The standard InChI is InChI=1S/C19H31BN4O3/c1-14(25)24-10-8-7-9-16(24)13-23(6)17-21-11-15(12-22-17)20-26-18(2,3)19(4,5)27-20/h11-12,16H,7-10,13H2,1-6H3. The van der Waals surface area contributed by atoms with Crippen molar-refractivity contribution >= 4 is 24.4 Å². The van der Waals surface area contributed by atoms with Crippen LogP contribution in [0.1, 0.15) is 53.9 Å². The van der Waals surface area contributed by atoms with E-state index in [1.54, 1.807) is 19.3 Å². The van der Waals surface area contributed by atoms with Gasteiger partial charge in [0.05, 0.1) is 11.2 Å². The van der Waals surface area contributed by atoms with Crippen molar-refractivity contribution in [2.75, 3.05) is 25.0 Å². The highest BCUT2D eigenvalue weighted by Crippen LogP contribution is 2.36. The molecular weight excluding hydrogens is 343 g/mol. The third-order valence-electron chi connectivity index (χ3n) is 6.04. The van der Waals surface area contributed by atoms with Gasteiger partial charge in [0.2, 0.25) is 11.9 Å². The van der Waals surface area contributed by atoms with E-state index in [4.69, 9.17) is 9.31 Å². The van der Waals surface area contributed by atoms with Crippen LogP contribution in [0, 0.1) is 0 Å². The summed E-state index contributed by atoms with van der Waals surface area (Å²) in [5.74, 6) is 0.787. The predicted octanol–water partition coefficient (Wildman–Crippen LogP) is 1.61. The van der Waals surface area contributed by atoms with Gasteiger partial charge < -0.3 is 19.1 Å². The summed E-state index contributed by atoms with van der Waals surface area (Å²) in [5.41, 5.74) is 0.0444. The zero-order valence-corrected chi connectivity index (χ0v) is 17.4. The summed E-state index contributed by atoms with van der Waals surface area (Å²) in [4.78, 5) is 24.9. The Kier molecular flexibility index (Phi) is 5.50. The number of anilines is 1. The second-order valence-electron chi connectivity index (χ2n) is 8.65. The van der Waals surface area contributed by atoms with E-state index in [0.29, 0.717) is 5.95 Å². The molecule has 2 aliphatic heterocycles. The van der Waals surface area contributed by atoms with Gasteiger partial charge >= 0.3 is 7.12 Å². The Morgan fingerprint density at radius 1 is 1.22 bits per heavy atom. The summed E-state index contributed by atoms with van der Waals surface area (Å²) in [7, 11) is 1.51. The summed E-state index contributed by atoms with van der Waals surface area (Å²) >= 11 is 0. The van der Waals surface area contributed by atoms with Gasteiger partial charge in [-0.3, -0.25) is 4.79 Å². The number of rotatable bonds is 4. The lowest BCUT2D eigenvalue weighted by Crippen LogP contribution is -2.48. The third kappa shape index (κ3) is 4.11. The van der Waals surface area contributed by atoms with Gasteiger partial charge in [-0.25, -0.2) is 9.97 Å². The summed E-state index contributed by atoms with van der Waals surface area (Å²) in [6.45, 7) is 11.3. The number of hydrogen-bond donors (Lipinski definition) is 0. The highest BCUT2D eigenvalue weighted by atomic mass is 16.7. The molecule has 2 saturated heterocycles. The molecule has 0 N–H and O–H groups in total. The first kappa shape index (κ1) is 20.1. The lowest BCUT2D eigenvalue weighted by Gasteiger charge is -2.37. The van der Waals surface area contributed by atoms with Crippen LogP contribution in [0.3, 0.4) is 0 Å². The maximum atomic E-state index is 11.9. The van der Waals surface area contributed by atoms with Crippen LogP contribution in [-0.4, -0.2) is 65.3 Å². The normalized spacial score (nSPS) is 24.1. The summed E-state index contributed by atoms with van der Waals surface area (Å²) in [6.07, 6.45) is 6.80. The molecule has 0 radical (unpaired) electrons. The minimum absolute atomic E-state index is 0.144. The van der Waals surface area contributed by atoms with E-state index in [9.17, 15) is 4.79 Å². The Morgan fingerprint density at radius 3 is 2.37 bits per heavy atom. The van der Waals surface area contributed by atoms with Crippen molar-refractivity contribution in [3.63, 3.8) is 0 Å². The van der Waals surface area contributed by atoms with E-state index in [1.807, 2.05) is 44.5 Å². The number of carbonyl (C=O) groups excluding carboxylic acids is 1. The molecule has 0 aliphatic carbocycles. The number of carbonyl (C=O) groups is 1. The number of aromatic nitrogens is 2. The predicted molar refractivity (Wildman–Crippen MR) is 106 cm³/mol. The molecule has 0 saturated carbocycles. The summed E-state index contributed by atoms with van der Waals surface area (Å²) in [5, 5.41) is 0. The van der Waals surface area contributed by atoms with Crippen LogP contribution in [0.15, 0.2) is 12.4 Å². The molecule has 3 rings (SSSR count). The molecule has 27 heavy (non-hydrogen) atoms. The van der Waals surface area contributed by atoms with Gasteiger partial charge in [0.15, 0.2) is 0 Å². The van der Waals surface area contributed by atoms with Crippen molar-refractivity contribution in [1.82, 2.24) is 14.9 Å². The molecule has 1 amide bonds. The zero-order chi connectivity index (χ0) is 19.8. The van der Waals surface area contributed by atoms with Crippen molar-refractivity contribution in [2.24, 2.45) is 0 Å². The molecule has 0 bridgehead atoms. The lowest BCUT2D eigenvalue weighted by molar-refractivity contribution is -0.132. The van der Waals surface area contributed by atoms with Gasteiger partial charge in [-0.1, -0.05) is 0 Å². The van der Waals surface area contributed by atoms with E-state index < -0.39 is 7.12 Å². The molecule has 1 atom stereocenters. The number of likely N-dealkylation sites (tertiary alicyclic amines) is 1. The Balaban J connectivity index is 1.66. The molecule has 8 heteroatoms. The fourth-order valence-corrected chi connectivity index (χ4v) is 3.63. The molecule has 2 aliphatic rings. The maximum absolute atomic E-state index is 11.9. The number of hydrogen-bond acceptors (Lipinski definition) is 6. The van der Waals surface area contributed by atoms with Crippen LogP contribution in [0.2, 0.25) is 0 Å². The van der Waals surface area contributed by atoms with Crippen molar-refractivity contribution in [3.8, 4) is 0 Å². The topological polar surface area (TPSA) is 67.8 Å². The van der Waals surface area contributed by atoms with Crippen LogP contribution in [-0.2, 0) is 14.1 Å². The van der Waals surface area contributed by atoms with E-state index in [1.165, 1.54) is 0 Å². The Hall–Kier alpha value is -1.67. The number of likely N-dealkylation sites (N-methyl/N-ethyl adjacent to an activating group) is 1. The van der Waals surface area contributed by atoms with Crippen LogP contribution >= 0.6 is 0 Å². The molecule has 0 spiro atoms. The highest BCUT2D eigenvalue weighted by molar-refractivity contribution is 6.61. The first-order valence-electron chi connectivity index (χ1n) is 9.76. The largest absolute Gasteiger partial charge is 0.498 e. The smallest absolute Gasteiger partial charge is 0.399 e. The Morgan fingerprint density at radius 2 is 1.81 bits per heavy atom. The number of nitrogens with zero attached hydrogens (tertiary/aromatic N) is 4. The second-order valence-corrected chi connectivity index (χ2v) is 8.65. The fraction of sp³-hybridized carbons (Fsp3) is 0.737. The highest BCUT2D eigenvalue weighted by Gasteiger charge is 2.52. The molecule has 7 nitrogen and oxygen atoms in total. The first-order valence-corrected chi connectivity index (χ1v) is 9.76. The van der Waals surface area contributed by atoms with Crippen molar-refractivity contribution in [2.45, 2.75) is 71.1 Å². The molecule has 0 aromatic carbocycles. The molecule has 1 unspecified atom stereocenters. The number of amides is 1. The third-order valence-corrected chi connectivity index (χ3v) is 6.04. The van der Waals surface area contributed by atoms with Crippen molar-refractivity contribution < 1.29 is 14.1 Å². The fourth-order valence-electron chi connectivity index (χ4n) is 3.63. The zero-order valence-electron chi connectivity index (χ0n) is 17.4. The SMILES string of the molecule is CC(=O)N1CCCCC1CN(C)c1ncc(B2OC(C)(C)C(C)(C)O2)cn1. The average molecular weight is 374 g/mol. The van der Waals surface area contributed by atoms with Gasteiger partial charge in [0, 0.05) is 51.0 Å². The van der Waals surface area contributed by atoms with Crippen molar-refractivity contribution in [3.05, 3.63) is 12.4 Å². The molecule has 1 aromatic rings. The van der Waals surface area contributed by atoms with E-state index in [2.05, 4.69) is 9.97 Å². The average Bonchev–Trinajstić information content (AvgIpc) is 2.83. The van der Waals surface area contributed by atoms with Gasteiger partial charge in [-0.15, -0.1) is 0 Å². The summed E-state index contributed by atoms with van der Waals surface area (Å²) in [6, 6.07) is 0.215. The summed E-state index contributed by atoms with van der Waals surface area (Å²) < 4.78 is 12.1. The maximum Gasteiger partial charge on any atom is 0.498 e. The number of piperidine rings is 1. The molecular formula is C19H31BN4O3. The van der Waals surface area contributed by atoms with E-state index in [0.717, 1.165) is 37.8 Å². The van der Waals surface area contributed by atoms with Crippen molar-refractivity contribution in [1.29, 1.82) is 0 Å². The molecule has 3 heterocycles. The minimum Gasteiger partial charge on any atom is -0.399 e. The Labute approximate surface area is 162 Å². The van der Waals surface area contributed by atoms with E-state index in [-0.39, 0.29) is 23.2 Å². The van der Waals surface area contributed by atoms with Gasteiger partial charge in [0.25, 0.3) is 0 Å². The monoisotopic (exact) mass is 374 g/mol. The van der Waals surface area contributed by atoms with Gasteiger partial charge in [0.1, 0.15) is 0 Å². The van der Waals surface area contributed by atoms with Crippen LogP contribution in [0.5, 0.6) is 0 Å². The quantitative estimate of drug-likeness (QED) is 0.746. The molecule has 148 valence electrons. The second kappa shape index (κ2) is 7.39. The molecule has 1 aromatic heterocycles. The van der Waals surface area contributed by atoms with Gasteiger partial charge in [-0.2, -0.15) is 0 Å². The van der Waals surface area contributed by atoms with E-state index >= 15 is 0 Å². The van der Waals surface area contributed by atoms with Crippen LogP contribution in [0.4, 0.5) is 5.95 Å². The van der Waals surface area contributed by atoms with Crippen LogP contribution in [0.25, 0.3) is 0 Å².